The van der Waals surface area contributed by atoms with Crippen molar-refractivity contribution in [3.05, 3.63) is 0 Å². The van der Waals surface area contributed by atoms with E-state index in [2.05, 4.69) is 25.8 Å². The van der Waals surface area contributed by atoms with Gasteiger partial charge < -0.3 is 15.5 Å². The van der Waals surface area contributed by atoms with Crippen LogP contribution in [0.25, 0.3) is 0 Å². The van der Waals surface area contributed by atoms with Crippen LogP contribution in [0.1, 0.15) is 26.7 Å². The summed E-state index contributed by atoms with van der Waals surface area (Å²) in [4.78, 5) is 16.0. The van der Waals surface area contributed by atoms with E-state index in [9.17, 15) is 4.79 Å². The molecule has 0 aromatic carbocycles. The van der Waals surface area contributed by atoms with Crippen molar-refractivity contribution in [2.24, 2.45) is 5.73 Å². The summed E-state index contributed by atoms with van der Waals surface area (Å²) < 4.78 is 0. The van der Waals surface area contributed by atoms with Crippen molar-refractivity contribution in [2.45, 2.75) is 38.8 Å². The van der Waals surface area contributed by atoms with E-state index in [0.717, 1.165) is 19.5 Å². The number of nitrogens with zero attached hydrogens (tertiary/aromatic N) is 2. The quantitative estimate of drug-likeness (QED) is 0.732. The van der Waals surface area contributed by atoms with E-state index in [1.165, 1.54) is 6.42 Å². The van der Waals surface area contributed by atoms with Crippen molar-refractivity contribution < 1.29 is 4.79 Å². The molecule has 1 atom stereocenters. The van der Waals surface area contributed by atoms with Gasteiger partial charge in [-0.15, -0.1) is 0 Å². The number of rotatable bonds is 3. The lowest BCUT2D eigenvalue weighted by atomic mass is 10.0. The Balaban J connectivity index is 2.66. The number of hydrogen-bond acceptors (Lipinski definition) is 3. The van der Waals surface area contributed by atoms with Crippen LogP contribution in [0.3, 0.4) is 0 Å². The summed E-state index contributed by atoms with van der Waals surface area (Å²) in [6.45, 7) is 6.35. The van der Waals surface area contributed by atoms with Crippen LogP contribution in [-0.2, 0) is 4.79 Å². The van der Waals surface area contributed by atoms with Crippen LogP contribution in [0.15, 0.2) is 0 Å². The van der Waals surface area contributed by atoms with Gasteiger partial charge in [-0.2, -0.15) is 0 Å². The first kappa shape index (κ1) is 12.5. The third kappa shape index (κ3) is 3.18. The minimum Gasteiger partial charge on any atom is -0.335 e. The Morgan fingerprint density at radius 2 is 2.27 bits per heavy atom. The molecule has 0 aliphatic carbocycles. The Morgan fingerprint density at radius 3 is 2.73 bits per heavy atom. The maximum Gasteiger partial charge on any atom is 0.236 e. The summed E-state index contributed by atoms with van der Waals surface area (Å²) in [5.74, 6) is 0.0744. The van der Waals surface area contributed by atoms with Crippen LogP contribution in [0, 0.1) is 0 Å². The van der Waals surface area contributed by atoms with Gasteiger partial charge in [0.25, 0.3) is 0 Å². The fourth-order valence-corrected chi connectivity index (χ4v) is 2.38. The van der Waals surface area contributed by atoms with E-state index in [1.807, 2.05) is 4.90 Å². The van der Waals surface area contributed by atoms with E-state index >= 15 is 0 Å². The maximum atomic E-state index is 11.7. The summed E-state index contributed by atoms with van der Waals surface area (Å²) in [5.41, 5.74) is 5.45. The van der Waals surface area contributed by atoms with Crippen LogP contribution in [0.5, 0.6) is 0 Å². The number of carbonyl (C=O) groups is 1. The minimum absolute atomic E-state index is 0.0744. The molecule has 0 aromatic heterocycles. The molecule has 2 N–H and O–H groups in total. The number of carbonyl (C=O) groups excluding carboxylic acids is 1. The topological polar surface area (TPSA) is 49.6 Å². The van der Waals surface area contributed by atoms with Gasteiger partial charge in [0.05, 0.1) is 6.54 Å². The van der Waals surface area contributed by atoms with Gasteiger partial charge in [-0.3, -0.25) is 4.79 Å². The number of hydrogen-bond donors (Lipinski definition) is 1. The van der Waals surface area contributed by atoms with Crippen LogP contribution < -0.4 is 5.73 Å². The summed E-state index contributed by atoms with van der Waals surface area (Å²) in [6.07, 6.45) is 2.27. The van der Waals surface area contributed by atoms with Gasteiger partial charge in [-0.05, 0) is 40.3 Å². The van der Waals surface area contributed by atoms with Gasteiger partial charge in [0.2, 0.25) is 5.91 Å². The van der Waals surface area contributed by atoms with E-state index in [1.54, 1.807) is 0 Å². The minimum atomic E-state index is 0.0744. The lowest BCUT2D eigenvalue weighted by molar-refractivity contribution is -0.135. The average molecular weight is 213 g/mol. The van der Waals surface area contributed by atoms with E-state index < -0.39 is 0 Å². The van der Waals surface area contributed by atoms with Crippen LogP contribution in [0.2, 0.25) is 0 Å². The van der Waals surface area contributed by atoms with E-state index in [4.69, 9.17) is 5.73 Å². The molecule has 1 aliphatic rings. The van der Waals surface area contributed by atoms with Gasteiger partial charge in [-0.1, -0.05) is 0 Å². The first-order valence-electron chi connectivity index (χ1n) is 5.76. The first-order valence-corrected chi connectivity index (χ1v) is 5.76. The van der Waals surface area contributed by atoms with E-state index in [0.29, 0.717) is 6.04 Å². The normalized spacial score (nSPS) is 23.1. The van der Waals surface area contributed by atoms with Crippen LogP contribution in [0.4, 0.5) is 0 Å². The molecule has 0 bridgehead atoms. The predicted molar refractivity (Wildman–Crippen MR) is 61.6 cm³/mol. The number of likely N-dealkylation sites (N-methyl/N-ethyl adjacent to an activating group) is 1. The summed E-state index contributed by atoms with van der Waals surface area (Å²) in [5, 5.41) is 0. The van der Waals surface area contributed by atoms with Crippen molar-refractivity contribution in [3.8, 4) is 0 Å². The molecule has 4 nitrogen and oxygen atoms in total. The fraction of sp³-hybridized carbons (Fsp3) is 0.909. The molecule has 1 heterocycles. The Bertz CT molecular complexity index is 218. The Morgan fingerprint density at radius 1 is 1.60 bits per heavy atom. The summed E-state index contributed by atoms with van der Waals surface area (Å²) >= 11 is 0. The standard InChI is InChI=1S/C11H23N3O/c1-9(2)14(11(15)7-12)10-5-4-6-13(3)8-10/h9-10H,4-8,12H2,1-3H3/t10-/m1/s1. The number of likely N-dealkylation sites (tertiary alicyclic amines) is 1. The largest absolute Gasteiger partial charge is 0.335 e. The zero-order valence-corrected chi connectivity index (χ0v) is 10.1. The molecule has 88 valence electrons. The fourth-order valence-electron chi connectivity index (χ4n) is 2.38. The highest BCUT2D eigenvalue weighted by atomic mass is 16.2. The van der Waals surface area contributed by atoms with E-state index in [-0.39, 0.29) is 18.5 Å². The average Bonchev–Trinajstić information content (AvgIpc) is 2.17. The zero-order valence-electron chi connectivity index (χ0n) is 10.1. The zero-order chi connectivity index (χ0) is 11.4. The monoisotopic (exact) mass is 213 g/mol. The molecule has 0 saturated carbocycles. The molecule has 1 aliphatic heterocycles. The molecule has 0 aromatic rings. The number of piperidine rings is 1. The molecular weight excluding hydrogens is 190 g/mol. The molecule has 1 fully saturated rings. The maximum absolute atomic E-state index is 11.7. The third-order valence-electron chi connectivity index (χ3n) is 3.01. The van der Waals surface area contributed by atoms with Gasteiger partial charge in [0, 0.05) is 18.6 Å². The van der Waals surface area contributed by atoms with Crippen LogP contribution >= 0.6 is 0 Å². The predicted octanol–water partition coefficient (Wildman–Crippen LogP) is 0.276. The van der Waals surface area contributed by atoms with Crippen molar-refractivity contribution in [2.75, 3.05) is 26.7 Å². The Hall–Kier alpha value is -0.610. The first-order chi connectivity index (χ1) is 7.06. The molecule has 0 unspecified atom stereocenters. The van der Waals surface area contributed by atoms with Crippen molar-refractivity contribution in [1.29, 1.82) is 0 Å². The lowest BCUT2D eigenvalue weighted by Crippen LogP contribution is -2.53. The number of nitrogens with two attached hydrogens (primary N) is 1. The molecule has 4 heteroatoms. The second-order valence-corrected chi connectivity index (χ2v) is 4.66. The summed E-state index contributed by atoms with van der Waals surface area (Å²) in [7, 11) is 2.11. The van der Waals surface area contributed by atoms with Crippen molar-refractivity contribution in [3.63, 3.8) is 0 Å². The highest BCUT2D eigenvalue weighted by molar-refractivity contribution is 5.78. The third-order valence-corrected chi connectivity index (χ3v) is 3.01. The SMILES string of the molecule is CC(C)N(C(=O)CN)[C@@H]1CCCN(C)C1. The van der Waals surface area contributed by atoms with Gasteiger partial charge in [0.15, 0.2) is 0 Å². The molecule has 1 saturated heterocycles. The van der Waals surface area contributed by atoms with Crippen molar-refractivity contribution in [1.82, 2.24) is 9.80 Å². The van der Waals surface area contributed by atoms with Crippen LogP contribution in [-0.4, -0.2) is 54.5 Å². The van der Waals surface area contributed by atoms with Gasteiger partial charge in [-0.25, -0.2) is 0 Å². The molecule has 15 heavy (non-hydrogen) atoms. The van der Waals surface area contributed by atoms with Gasteiger partial charge >= 0.3 is 0 Å². The highest BCUT2D eigenvalue weighted by Gasteiger charge is 2.28. The lowest BCUT2D eigenvalue weighted by Gasteiger charge is -2.40. The molecule has 1 amide bonds. The van der Waals surface area contributed by atoms with Gasteiger partial charge in [0.1, 0.15) is 0 Å². The second kappa shape index (κ2) is 5.47. The number of amides is 1. The molecule has 1 rings (SSSR count). The molecular formula is C11H23N3O. The smallest absolute Gasteiger partial charge is 0.236 e. The highest BCUT2D eigenvalue weighted by Crippen LogP contribution is 2.17. The summed E-state index contributed by atoms with van der Waals surface area (Å²) in [6, 6.07) is 0.595. The Labute approximate surface area is 92.4 Å². The Kier molecular flexibility index (Phi) is 4.54. The molecule has 0 spiro atoms. The molecule has 0 radical (unpaired) electrons. The van der Waals surface area contributed by atoms with Crippen molar-refractivity contribution >= 4 is 5.91 Å². The second-order valence-electron chi connectivity index (χ2n) is 4.66.